The Morgan fingerprint density at radius 3 is 0.676 bits per heavy atom. The summed E-state index contributed by atoms with van der Waals surface area (Å²) in [4.78, 5) is 15.2. The molecule has 0 aliphatic rings. The molecule has 68 heavy (non-hydrogen) atoms. The summed E-state index contributed by atoms with van der Waals surface area (Å²) in [7, 11) is -3.78. The zero-order valence-electron chi connectivity index (χ0n) is 43.4. The van der Waals surface area contributed by atoms with Crippen molar-refractivity contribution < 1.29 is 56.7 Å². The lowest BCUT2D eigenvalue weighted by atomic mass is 10.2. The molecule has 0 heterocycles. The molecule has 0 aliphatic heterocycles. The molecule has 0 saturated heterocycles. The molecule has 0 saturated carbocycles. The van der Waals surface area contributed by atoms with Crippen LogP contribution in [-0.4, -0.2) is 70.7 Å². The molecular formula is C55H88O12S. The minimum Gasteiger partial charge on any atom is -0.493 e. The van der Waals surface area contributed by atoms with Gasteiger partial charge in [0.25, 0.3) is 0 Å². The Morgan fingerprint density at radius 1 is 0.338 bits per heavy atom. The van der Waals surface area contributed by atoms with Crippen LogP contribution in [0.1, 0.15) is 178 Å². The van der Waals surface area contributed by atoms with Crippen LogP contribution in [0, 0.1) is 0 Å². The van der Waals surface area contributed by atoms with Crippen LogP contribution in [0.15, 0.2) is 51.1 Å². The number of benzene rings is 3. The first-order valence-electron chi connectivity index (χ1n) is 26.2. The lowest BCUT2D eigenvalue weighted by Gasteiger charge is -2.42. The second-order valence-electron chi connectivity index (χ2n) is 17.0. The largest absolute Gasteiger partial charge is 0.517 e. The van der Waals surface area contributed by atoms with Crippen LogP contribution in [0.3, 0.4) is 0 Å². The number of rotatable bonds is 40. The molecule has 386 valence electrons. The van der Waals surface area contributed by atoms with Gasteiger partial charge in [-0.05, 0) is 57.8 Å². The molecule has 0 aliphatic carbocycles. The van der Waals surface area contributed by atoms with Crippen molar-refractivity contribution in [3.8, 4) is 51.7 Å². The van der Waals surface area contributed by atoms with Crippen molar-refractivity contribution >= 4 is 16.5 Å². The maximum Gasteiger partial charge on any atom is 0.517 e. The van der Waals surface area contributed by atoms with E-state index < -0.39 is 16.5 Å². The van der Waals surface area contributed by atoms with Crippen LogP contribution in [0.4, 0.5) is 4.79 Å². The second-order valence-corrected chi connectivity index (χ2v) is 19.5. The molecule has 0 spiro atoms. The molecule has 3 aromatic rings. The number of hydrogen-bond donors (Lipinski definition) is 1. The van der Waals surface area contributed by atoms with Crippen molar-refractivity contribution in [2.75, 3.05) is 59.5 Å². The minimum atomic E-state index is -3.78. The van der Waals surface area contributed by atoms with Gasteiger partial charge in [-0.1, -0.05) is 120 Å². The summed E-state index contributed by atoms with van der Waals surface area (Å²) in [5.74, 6) is 3.67. The van der Waals surface area contributed by atoms with E-state index in [-0.39, 0.29) is 0 Å². The van der Waals surface area contributed by atoms with Gasteiger partial charge in [0.2, 0.25) is 0 Å². The summed E-state index contributed by atoms with van der Waals surface area (Å²) in [6.07, 6.45) is 13.4. The highest BCUT2D eigenvalue weighted by Gasteiger charge is 2.50. The second kappa shape index (κ2) is 33.9. The topological polar surface area (TPSA) is 130 Å². The maximum absolute atomic E-state index is 14.2. The third kappa shape index (κ3) is 18.1. The fraction of sp³-hybridized carbons (Fsp3) is 0.655. The molecule has 3 rings (SSSR count). The van der Waals surface area contributed by atoms with Crippen molar-refractivity contribution in [2.24, 2.45) is 0 Å². The quantitative estimate of drug-likeness (QED) is 0.0545. The first kappa shape index (κ1) is 57.8. The van der Waals surface area contributed by atoms with Gasteiger partial charge in [0.05, 0.1) is 59.5 Å². The minimum absolute atomic E-state index is 0.326. The van der Waals surface area contributed by atoms with E-state index in [9.17, 15) is 9.90 Å². The Kier molecular flexibility index (Phi) is 28.8. The first-order valence-corrected chi connectivity index (χ1v) is 27.7. The van der Waals surface area contributed by atoms with E-state index in [1.165, 1.54) is 0 Å². The molecule has 1 N–H and O–H groups in total. The molecular weight excluding hydrogens is 885 g/mol. The van der Waals surface area contributed by atoms with Gasteiger partial charge >= 0.3 is 6.16 Å². The Morgan fingerprint density at radius 2 is 0.515 bits per heavy atom. The number of ether oxygens (including phenoxy) is 9. The van der Waals surface area contributed by atoms with Crippen LogP contribution >= 0.6 is 10.3 Å². The molecule has 0 unspecified atom stereocenters. The summed E-state index contributed by atoms with van der Waals surface area (Å²) in [5, 5.41) is 11.5. The van der Waals surface area contributed by atoms with E-state index in [2.05, 4.69) is 62.3 Å². The van der Waals surface area contributed by atoms with Crippen LogP contribution in [0.5, 0.6) is 51.7 Å². The van der Waals surface area contributed by atoms with Crippen LogP contribution in [0.25, 0.3) is 0 Å². The molecule has 0 aromatic heterocycles. The predicted octanol–water partition coefficient (Wildman–Crippen LogP) is 16.2. The van der Waals surface area contributed by atoms with Crippen molar-refractivity contribution in [3.05, 3.63) is 36.4 Å². The highest BCUT2D eigenvalue weighted by Crippen LogP contribution is 2.80. The van der Waals surface area contributed by atoms with Crippen molar-refractivity contribution in [3.63, 3.8) is 0 Å². The average molecular weight is 973 g/mol. The van der Waals surface area contributed by atoms with Crippen LogP contribution in [-0.2, 0) is 4.18 Å². The summed E-state index contributed by atoms with van der Waals surface area (Å²) in [6.45, 7) is 22.3. The average Bonchev–Trinajstić information content (AvgIpc) is 3.32. The monoisotopic (exact) mass is 973 g/mol. The Labute approximate surface area is 411 Å². The van der Waals surface area contributed by atoms with Gasteiger partial charge in [0, 0.05) is 46.7 Å². The number of hydrogen-bond acceptors (Lipinski definition) is 11. The zero-order valence-corrected chi connectivity index (χ0v) is 44.2. The highest BCUT2D eigenvalue weighted by molar-refractivity contribution is 8.30. The molecule has 12 nitrogen and oxygen atoms in total. The number of carboxylic acid groups (broad SMARTS) is 1. The predicted molar refractivity (Wildman–Crippen MR) is 274 cm³/mol. The van der Waals surface area contributed by atoms with Gasteiger partial charge in [0.15, 0.2) is 0 Å². The summed E-state index contributed by atoms with van der Waals surface area (Å²) in [5.41, 5.74) is 0. The van der Waals surface area contributed by atoms with Gasteiger partial charge in [-0.3, -0.25) is 0 Å². The highest BCUT2D eigenvalue weighted by atomic mass is 32.3. The normalized spacial score (nSPS) is 11.5. The Balaban J connectivity index is 2.92. The maximum atomic E-state index is 14.2. The fourth-order valence-corrected chi connectivity index (χ4v) is 10.4. The molecule has 3 aromatic carbocycles. The van der Waals surface area contributed by atoms with E-state index >= 15 is 0 Å². The van der Waals surface area contributed by atoms with Gasteiger partial charge in [-0.2, -0.15) is 0 Å². The Hall–Kier alpha value is -4.52. The van der Waals surface area contributed by atoms with Crippen molar-refractivity contribution in [2.45, 2.75) is 193 Å². The van der Waals surface area contributed by atoms with E-state index in [1.807, 2.05) is 36.4 Å². The first-order chi connectivity index (χ1) is 33.2. The van der Waals surface area contributed by atoms with Crippen LogP contribution in [0.2, 0.25) is 0 Å². The molecule has 0 fully saturated rings. The summed E-state index contributed by atoms with van der Waals surface area (Å²) >= 11 is 0. The summed E-state index contributed by atoms with van der Waals surface area (Å²) in [6, 6.07) is 11.1. The SMILES string of the molecule is CCCCOc1cc(OCCCC)c(S(OC(=O)O)(c2c(OCCCC)cc(OCCCC)cc2OCCCC)c2c(OCCCC)cc(OCCCC)cc2OCCCC)c(OCCCC)c1. The van der Waals surface area contributed by atoms with E-state index in [0.29, 0.717) is 126 Å². The third-order valence-electron chi connectivity index (χ3n) is 10.9. The zero-order chi connectivity index (χ0) is 49.4. The molecule has 0 radical (unpaired) electrons. The lowest BCUT2D eigenvalue weighted by molar-refractivity contribution is 0.149. The van der Waals surface area contributed by atoms with Crippen molar-refractivity contribution in [1.29, 1.82) is 0 Å². The number of unbranched alkanes of at least 4 members (excludes halogenated alkanes) is 9. The van der Waals surface area contributed by atoms with Gasteiger partial charge in [-0.25, -0.2) is 4.79 Å². The lowest BCUT2D eigenvalue weighted by Crippen LogP contribution is -2.20. The van der Waals surface area contributed by atoms with E-state index in [1.54, 1.807) is 0 Å². The van der Waals surface area contributed by atoms with Crippen molar-refractivity contribution in [1.82, 2.24) is 0 Å². The molecule has 0 atom stereocenters. The number of carbonyl (C=O) groups is 1. The van der Waals surface area contributed by atoms with E-state index in [0.717, 1.165) is 116 Å². The molecule has 0 bridgehead atoms. The third-order valence-corrected chi connectivity index (χ3v) is 14.2. The standard InChI is InChI=1S/C55H88O12S/c1-10-19-28-58-43-37-46(61-31-22-13-4)52(47(38-43)62-32-23-14-5)68(67-55(56)57,53-48(63-33-24-15-6)39-44(59-29-20-11-2)40-49(53)64-34-25-16-7)54-50(65-35-26-17-8)41-45(60-30-21-12-3)42-51(54)66-36-27-18-9/h37-42H,10-36H2,1-9H3,(H,56,57). The van der Waals surface area contributed by atoms with E-state index in [4.69, 9.17) is 46.8 Å². The molecule has 0 amide bonds. The molecule has 13 heteroatoms. The summed E-state index contributed by atoms with van der Waals surface area (Å²) < 4.78 is 67.7. The van der Waals surface area contributed by atoms with Gasteiger partial charge in [-0.15, -0.1) is 0 Å². The van der Waals surface area contributed by atoms with Gasteiger partial charge in [0.1, 0.15) is 66.4 Å². The smallest absolute Gasteiger partial charge is 0.493 e. The fourth-order valence-electron chi connectivity index (χ4n) is 6.90. The van der Waals surface area contributed by atoms with Crippen LogP contribution < -0.4 is 42.6 Å². The van der Waals surface area contributed by atoms with Gasteiger partial charge < -0.3 is 51.9 Å². The Bertz CT molecular complexity index is 1560.